The highest BCUT2D eigenvalue weighted by atomic mass is 32.1. The first-order valence-corrected chi connectivity index (χ1v) is 5.72. The fourth-order valence-corrected chi connectivity index (χ4v) is 2.10. The molecule has 6 heteroatoms. The molecular weight excluding hydrogens is 228 g/mol. The average Bonchev–Trinajstić information content (AvgIpc) is 2.66. The topological polar surface area (TPSA) is 49.4 Å². The molecule has 80 valence electrons. The van der Waals surface area contributed by atoms with Gasteiger partial charge in [-0.15, -0.1) is 0 Å². The highest BCUT2D eigenvalue weighted by molar-refractivity contribution is 7.72. The van der Waals surface area contributed by atoms with Gasteiger partial charge in [0.05, 0.1) is 6.33 Å². The van der Waals surface area contributed by atoms with E-state index in [2.05, 4.69) is 21.9 Å². The Bertz CT molecular complexity index is 578. The maximum atomic E-state index is 5.23. The standard InChI is InChI=1S/C9H12N4S2/c1-2-3-4-13-7-6(10-5-11-7)8(14)12-9(13)15/h5H,2-4H2,1H3,(H,10,11)(H,12,14,15). The molecule has 2 N–H and O–H groups in total. The molecule has 4 nitrogen and oxygen atoms in total. The Morgan fingerprint density at radius 1 is 1.47 bits per heavy atom. The molecule has 0 aliphatic rings. The van der Waals surface area contributed by atoms with Crippen molar-refractivity contribution in [3.63, 3.8) is 0 Å². The Labute approximate surface area is 97.4 Å². The Balaban J connectivity index is 2.66. The summed E-state index contributed by atoms with van der Waals surface area (Å²) in [4.78, 5) is 10.3. The van der Waals surface area contributed by atoms with Crippen molar-refractivity contribution >= 4 is 35.6 Å². The summed E-state index contributed by atoms with van der Waals surface area (Å²) < 4.78 is 3.26. The molecule has 0 unspecified atom stereocenters. The molecule has 0 radical (unpaired) electrons. The van der Waals surface area contributed by atoms with Crippen LogP contribution >= 0.6 is 24.4 Å². The zero-order valence-corrected chi connectivity index (χ0v) is 10.0. The molecule has 0 atom stereocenters. The Morgan fingerprint density at radius 3 is 3.00 bits per heavy atom. The molecule has 0 aliphatic carbocycles. The average molecular weight is 240 g/mol. The van der Waals surface area contributed by atoms with Gasteiger partial charge in [0.25, 0.3) is 0 Å². The van der Waals surface area contributed by atoms with Gasteiger partial charge in [0.1, 0.15) is 10.2 Å². The molecule has 2 heterocycles. The van der Waals surface area contributed by atoms with E-state index in [0.29, 0.717) is 9.41 Å². The number of aromatic nitrogens is 4. The van der Waals surface area contributed by atoms with Crippen molar-refractivity contribution in [1.29, 1.82) is 0 Å². The van der Waals surface area contributed by atoms with Gasteiger partial charge >= 0.3 is 0 Å². The third kappa shape index (κ3) is 1.87. The number of imidazole rings is 1. The zero-order chi connectivity index (χ0) is 10.8. The van der Waals surface area contributed by atoms with Crippen LogP contribution in [-0.2, 0) is 6.54 Å². The molecule has 15 heavy (non-hydrogen) atoms. The lowest BCUT2D eigenvalue weighted by Gasteiger charge is -2.06. The third-order valence-corrected chi connectivity index (χ3v) is 2.93. The lowest BCUT2D eigenvalue weighted by Crippen LogP contribution is -2.04. The van der Waals surface area contributed by atoms with E-state index in [1.165, 1.54) is 0 Å². The Kier molecular flexibility index (Phi) is 2.97. The Hall–Kier alpha value is -1.01. The number of aryl methyl sites for hydroxylation is 1. The van der Waals surface area contributed by atoms with Crippen LogP contribution < -0.4 is 0 Å². The summed E-state index contributed by atoms with van der Waals surface area (Å²) in [6, 6.07) is 0. The summed E-state index contributed by atoms with van der Waals surface area (Å²) in [5.74, 6) is 0. The predicted molar refractivity (Wildman–Crippen MR) is 65.0 cm³/mol. The Morgan fingerprint density at radius 2 is 2.27 bits per heavy atom. The van der Waals surface area contributed by atoms with Gasteiger partial charge < -0.3 is 14.5 Å². The molecule has 0 spiro atoms. The highest BCUT2D eigenvalue weighted by Gasteiger charge is 2.04. The molecule has 2 rings (SSSR count). The molecule has 0 aromatic carbocycles. The predicted octanol–water partition coefficient (Wildman–Crippen LogP) is 2.95. The van der Waals surface area contributed by atoms with Crippen LogP contribution in [0.2, 0.25) is 0 Å². The highest BCUT2D eigenvalue weighted by Crippen LogP contribution is 2.11. The molecule has 0 saturated carbocycles. The summed E-state index contributed by atoms with van der Waals surface area (Å²) in [6.45, 7) is 3.03. The van der Waals surface area contributed by atoms with E-state index in [9.17, 15) is 0 Å². The molecule has 2 aromatic heterocycles. The van der Waals surface area contributed by atoms with Crippen LogP contribution in [0.25, 0.3) is 11.2 Å². The first-order valence-electron chi connectivity index (χ1n) is 4.90. The number of nitrogens with zero attached hydrogens (tertiary/aromatic N) is 2. The van der Waals surface area contributed by atoms with Crippen LogP contribution in [0.5, 0.6) is 0 Å². The minimum atomic E-state index is 0.625. The van der Waals surface area contributed by atoms with Crippen molar-refractivity contribution in [3.05, 3.63) is 15.7 Å². The van der Waals surface area contributed by atoms with Gasteiger partial charge in [-0.2, -0.15) is 0 Å². The van der Waals surface area contributed by atoms with E-state index in [0.717, 1.165) is 30.6 Å². The number of rotatable bonds is 3. The molecule has 2 aromatic rings. The molecule has 0 saturated heterocycles. The second-order valence-electron chi connectivity index (χ2n) is 3.37. The molecule has 0 bridgehead atoms. The molecule has 0 fully saturated rings. The minimum absolute atomic E-state index is 0.625. The summed E-state index contributed by atoms with van der Waals surface area (Å²) in [5, 5.41) is 0. The normalized spacial score (nSPS) is 11.0. The number of aromatic amines is 2. The van der Waals surface area contributed by atoms with E-state index in [4.69, 9.17) is 24.4 Å². The second-order valence-corrected chi connectivity index (χ2v) is 4.16. The van der Waals surface area contributed by atoms with Gasteiger partial charge in [-0.3, -0.25) is 0 Å². The van der Waals surface area contributed by atoms with Gasteiger partial charge in [0.2, 0.25) is 0 Å². The molecule has 0 amide bonds. The van der Waals surface area contributed by atoms with E-state index in [1.807, 2.05) is 4.57 Å². The third-order valence-electron chi connectivity index (χ3n) is 2.30. The van der Waals surface area contributed by atoms with Gasteiger partial charge in [0.15, 0.2) is 10.4 Å². The van der Waals surface area contributed by atoms with E-state index >= 15 is 0 Å². The summed E-state index contributed by atoms with van der Waals surface area (Å²) in [7, 11) is 0. The lowest BCUT2D eigenvalue weighted by atomic mass is 10.3. The molecule has 0 aliphatic heterocycles. The number of hydrogen-bond donors (Lipinski definition) is 2. The van der Waals surface area contributed by atoms with Crippen LogP contribution in [0.15, 0.2) is 6.33 Å². The fraction of sp³-hybridized carbons (Fsp3) is 0.444. The van der Waals surface area contributed by atoms with Crippen molar-refractivity contribution < 1.29 is 0 Å². The van der Waals surface area contributed by atoms with Crippen LogP contribution in [0, 0.1) is 9.41 Å². The number of H-pyrrole nitrogens is 2. The largest absolute Gasteiger partial charge is 0.341 e. The van der Waals surface area contributed by atoms with Crippen LogP contribution in [0.3, 0.4) is 0 Å². The van der Waals surface area contributed by atoms with Crippen molar-refractivity contribution in [1.82, 2.24) is 19.5 Å². The van der Waals surface area contributed by atoms with Crippen LogP contribution in [0.4, 0.5) is 0 Å². The first kappa shape index (κ1) is 10.5. The second kappa shape index (κ2) is 4.24. The summed E-state index contributed by atoms with van der Waals surface area (Å²) in [5.41, 5.74) is 1.70. The van der Waals surface area contributed by atoms with E-state index in [1.54, 1.807) is 6.33 Å². The first-order chi connectivity index (χ1) is 7.24. The van der Waals surface area contributed by atoms with E-state index in [-0.39, 0.29) is 0 Å². The summed E-state index contributed by atoms with van der Waals surface area (Å²) >= 11 is 10.4. The van der Waals surface area contributed by atoms with Crippen LogP contribution in [0.1, 0.15) is 19.8 Å². The number of nitrogens with one attached hydrogen (secondary N) is 2. The maximum absolute atomic E-state index is 5.23. The monoisotopic (exact) mass is 240 g/mol. The fourth-order valence-electron chi connectivity index (χ4n) is 1.51. The van der Waals surface area contributed by atoms with Crippen molar-refractivity contribution in [2.45, 2.75) is 26.3 Å². The number of fused-ring (bicyclic) bond motifs is 1. The minimum Gasteiger partial charge on any atom is -0.341 e. The number of unbranched alkanes of at least 4 members (excludes halogenated alkanes) is 1. The number of hydrogen-bond acceptors (Lipinski definition) is 3. The van der Waals surface area contributed by atoms with Gasteiger partial charge in [-0.1, -0.05) is 25.6 Å². The maximum Gasteiger partial charge on any atom is 0.179 e. The van der Waals surface area contributed by atoms with Crippen molar-refractivity contribution in [2.24, 2.45) is 0 Å². The zero-order valence-electron chi connectivity index (χ0n) is 8.41. The SMILES string of the molecule is CCCCn1c(=S)[nH]c(=S)c2[nH]cnc21. The smallest absolute Gasteiger partial charge is 0.179 e. The van der Waals surface area contributed by atoms with Crippen molar-refractivity contribution in [3.8, 4) is 0 Å². The van der Waals surface area contributed by atoms with Gasteiger partial charge in [-0.25, -0.2) is 4.98 Å². The lowest BCUT2D eigenvalue weighted by molar-refractivity contribution is 0.626. The van der Waals surface area contributed by atoms with E-state index < -0.39 is 0 Å². The quantitative estimate of drug-likeness (QED) is 0.811. The van der Waals surface area contributed by atoms with Gasteiger partial charge in [-0.05, 0) is 18.6 Å². The van der Waals surface area contributed by atoms with Crippen molar-refractivity contribution in [2.75, 3.05) is 0 Å². The van der Waals surface area contributed by atoms with Gasteiger partial charge in [0, 0.05) is 6.54 Å². The molecular formula is C9H12N4S2. The van der Waals surface area contributed by atoms with Crippen LogP contribution in [-0.4, -0.2) is 19.5 Å². The summed E-state index contributed by atoms with van der Waals surface area (Å²) in [6.07, 6.45) is 3.86.